The Hall–Kier alpha value is -1.09. The number of hydrogen-bond acceptors (Lipinski definition) is 4. The summed E-state index contributed by atoms with van der Waals surface area (Å²) in [5.41, 5.74) is 5.28. The van der Waals surface area contributed by atoms with Gasteiger partial charge in [0.2, 0.25) is 10.0 Å². The third-order valence-corrected chi connectivity index (χ3v) is 4.51. The lowest BCUT2D eigenvalue weighted by Crippen LogP contribution is -2.25. The molecule has 0 amide bonds. The molecule has 1 aromatic carbocycles. The van der Waals surface area contributed by atoms with Crippen molar-refractivity contribution in [1.82, 2.24) is 4.72 Å². The van der Waals surface area contributed by atoms with Crippen molar-refractivity contribution < 1.29 is 17.5 Å². The molecule has 0 heterocycles. The maximum absolute atomic E-state index is 13.4. The van der Waals surface area contributed by atoms with Crippen LogP contribution in [-0.2, 0) is 14.8 Å². The summed E-state index contributed by atoms with van der Waals surface area (Å²) in [6.07, 6.45) is 2.43. The van der Waals surface area contributed by atoms with Crippen LogP contribution in [0.1, 0.15) is 24.8 Å². The van der Waals surface area contributed by atoms with Crippen molar-refractivity contribution in [3.63, 3.8) is 0 Å². The quantitative estimate of drug-likeness (QED) is 0.529. The highest BCUT2D eigenvalue weighted by atomic mass is 32.2. The number of hydrogen-bond donors (Lipinski definition) is 2. The zero-order valence-corrected chi connectivity index (χ0v) is 13.4. The lowest BCUT2D eigenvalue weighted by atomic mass is 10.2. The van der Waals surface area contributed by atoms with Gasteiger partial charge in [0.25, 0.3) is 0 Å². The highest BCUT2D eigenvalue weighted by Gasteiger charge is 2.16. The van der Waals surface area contributed by atoms with Gasteiger partial charge in [0.1, 0.15) is 10.8 Å². The Kier molecular flexibility index (Phi) is 7.16. The molecule has 0 aliphatic rings. The van der Waals surface area contributed by atoms with Crippen LogP contribution in [0.3, 0.4) is 0 Å². The molecule has 0 aliphatic heterocycles. The Morgan fingerprint density at radius 3 is 2.71 bits per heavy atom. The van der Waals surface area contributed by atoms with E-state index in [1.54, 1.807) is 7.11 Å². The van der Waals surface area contributed by atoms with Gasteiger partial charge in [0.05, 0.1) is 4.90 Å². The molecule has 0 saturated heterocycles. The van der Waals surface area contributed by atoms with E-state index >= 15 is 0 Å². The molecule has 1 rings (SSSR count). The summed E-state index contributed by atoms with van der Waals surface area (Å²) in [5, 5.41) is 0. The third-order valence-electron chi connectivity index (χ3n) is 2.83. The van der Waals surface area contributed by atoms with Crippen LogP contribution in [0.15, 0.2) is 23.1 Å². The second-order valence-corrected chi connectivity index (χ2v) is 6.66. The van der Waals surface area contributed by atoms with Crippen LogP contribution in [0.2, 0.25) is 0 Å². The second-order valence-electron chi connectivity index (χ2n) is 4.46. The zero-order chi connectivity index (χ0) is 15.9. The number of unbranched alkanes of at least 4 members (excludes halogenated alkanes) is 2. The Bertz CT molecular complexity index is 591. The number of ether oxygens (including phenoxy) is 1. The molecule has 5 nitrogen and oxygen atoms in total. The molecule has 8 heteroatoms. The van der Waals surface area contributed by atoms with E-state index in [9.17, 15) is 12.8 Å². The van der Waals surface area contributed by atoms with E-state index in [0.29, 0.717) is 19.6 Å². The van der Waals surface area contributed by atoms with Gasteiger partial charge in [-0.1, -0.05) is 12.2 Å². The molecule has 0 aromatic heterocycles. The van der Waals surface area contributed by atoms with Crippen molar-refractivity contribution in [1.29, 1.82) is 0 Å². The van der Waals surface area contributed by atoms with Crippen LogP contribution in [-0.4, -0.2) is 33.7 Å². The van der Waals surface area contributed by atoms with Crippen molar-refractivity contribution >= 4 is 27.2 Å². The highest BCUT2D eigenvalue weighted by molar-refractivity contribution is 7.89. The van der Waals surface area contributed by atoms with Gasteiger partial charge in [-0.3, -0.25) is 0 Å². The second kappa shape index (κ2) is 8.38. The van der Waals surface area contributed by atoms with Crippen LogP contribution in [0.4, 0.5) is 4.39 Å². The van der Waals surface area contributed by atoms with Crippen LogP contribution >= 0.6 is 12.2 Å². The molecule has 1 aromatic rings. The molecular formula is C13H19FN2O3S2. The molecule has 0 unspecified atom stereocenters. The van der Waals surface area contributed by atoms with Gasteiger partial charge < -0.3 is 10.5 Å². The van der Waals surface area contributed by atoms with Crippen molar-refractivity contribution in [2.45, 2.75) is 24.2 Å². The number of sulfonamides is 1. The van der Waals surface area contributed by atoms with E-state index < -0.39 is 15.8 Å². The minimum Gasteiger partial charge on any atom is -0.389 e. The largest absolute Gasteiger partial charge is 0.389 e. The molecule has 0 saturated carbocycles. The maximum Gasteiger partial charge on any atom is 0.240 e. The molecular weight excluding hydrogens is 315 g/mol. The summed E-state index contributed by atoms with van der Waals surface area (Å²) in [6, 6.07) is 3.37. The molecule has 0 radical (unpaired) electrons. The lowest BCUT2D eigenvalue weighted by molar-refractivity contribution is 0.192. The lowest BCUT2D eigenvalue weighted by Gasteiger charge is -2.08. The molecule has 0 bridgehead atoms. The first-order chi connectivity index (χ1) is 9.88. The SMILES string of the molecule is COCCCCCNS(=O)(=O)c1ccc(F)c(C(N)=S)c1. The van der Waals surface area contributed by atoms with Crippen LogP contribution in [0, 0.1) is 5.82 Å². The molecule has 0 fully saturated rings. The first kappa shape index (κ1) is 18.0. The van der Waals surface area contributed by atoms with Crippen LogP contribution in [0.5, 0.6) is 0 Å². The van der Waals surface area contributed by atoms with Gasteiger partial charge >= 0.3 is 0 Å². The molecule has 118 valence electrons. The summed E-state index contributed by atoms with van der Waals surface area (Å²) in [6.45, 7) is 0.966. The number of nitrogens with two attached hydrogens (primary N) is 1. The van der Waals surface area contributed by atoms with E-state index in [2.05, 4.69) is 16.9 Å². The number of thiocarbonyl (C=S) groups is 1. The predicted molar refractivity (Wildman–Crippen MR) is 83.2 cm³/mol. The van der Waals surface area contributed by atoms with Gasteiger partial charge in [-0.25, -0.2) is 17.5 Å². The predicted octanol–water partition coefficient (Wildman–Crippen LogP) is 1.55. The van der Waals surface area contributed by atoms with Crippen molar-refractivity contribution in [2.24, 2.45) is 5.73 Å². The normalized spacial score (nSPS) is 11.5. The molecule has 3 N–H and O–H groups in total. The van der Waals surface area contributed by atoms with Gasteiger partial charge in [0.15, 0.2) is 0 Å². The van der Waals surface area contributed by atoms with E-state index in [1.165, 1.54) is 6.07 Å². The Balaban J connectivity index is 2.66. The number of benzene rings is 1. The van der Waals surface area contributed by atoms with Gasteiger partial charge in [-0.15, -0.1) is 0 Å². The van der Waals surface area contributed by atoms with Crippen molar-refractivity contribution in [3.8, 4) is 0 Å². The first-order valence-corrected chi connectivity index (χ1v) is 8.35. The van der Waals surface area contributed by atoms with Gasteiger partial charge in [-0.2, -0.15) is 0 Å². The third kappa shape index (κ3) is 5.66. The van der Waals surface area contributed by atoms with Crippen molar-refractivity contribution in [2.75, 3.05) is 20.3 Å². The molecule has 0 aliphatic carbocycles. The summed E-state index contributed by atoms with van der Waals surface area (Å²) < 4.78 is 44.9. The summed E-state index contributed by atoms with van der Waals surface area (Å²) >= 11 is 4.69. The first-order valence-electron chi connectivity index (χ1n) is 6.46. The van der Waals surface area contributed by atoms with Gasteiger partial charge in [-0.05, 0) is 37.5 Å². The van der Waals surface area contributed by atoms with Crippen molar-refractivity contribution in [3.05, 3.63) is 29.6 Å². The number of halogens is 1. The van der Waals surface area contributed by atoms with E-state index in [4.69, 9.17) is 10.5 Å². The van der Waals surface area contributed by atoms with Crippen LogP contribution < -0.4 is 10.5 Å². The van der Waals surface area contributed by atoms with Crippen LogP contribution in [0.25, 0.3) is 0 Å². The smallest absolute Gasteiger partial charge is 0.240 e. The highest BCUT2D eigenvalue weighted by Crippen LogP contribution is 2.15. The maximum atomic E-state index is 13.4. The van der Waals surface area contributed by atoms with E-state index in [-0.39, 0.29) is 15.4 Å². The van der Waals surface area contributed by atoms with E-state index in [1.807, 2.05) is 0 Å². The minimum atomic E-state index is -3.69. The fourth-order valence-corrected chi connectivity index (χ4v) is 2.95. The fourth-order valence-electron chi connectivity index (χ4n) is 1.70. The molecule has 0 atom stereocenters. The van der Waals surface area contributed by atoms with Gasteiger partial charge in [0, 0.05) is 25.8 Å². The van der Waals surface area contributed by atoms with E-state index in [0.717, 1.165) is 25.0 Å². The minimum absolute atomic E-state index is 0.0522. The Morgan fingerprint density at radius 1 is 1.38 bits per heavy atom. The fraction of sp³-hybridized carbons (Fsp3) is 0.462. The summed E-state index contributed by atoms with van der Waals surface area (Å²) in [7, 11) is -2.07. The average molecular weight is 334 g/mol. The Morgan fingerprint density at radius 2 is 2.10 bits per heavy atom. The summed E-state index contributed by atoms with van der Waals surface area (Å²) in [5.74, 6) is -0.638. The number of nitrogens with one attached hydrogen (secondary N) is 1. The number of rotatable bonds is 9. The monoisotopic (exact) mass is 334 g/mol. The molecule has 0 spiro atoms. The number of methoxy groups -OCH3 is 1. The Labute approximate surface area is 129 Å². The zero-order valence-electron chi connectivity index (χ0n) is 11.8. The molecule has 21 heavy (non-hydrogen) atoms. The topological polar surface area (TPSA) is 81.4 Å². The average Bonchev–Trinajstić information content (AvgIpc) is 2.42. The standard InChI is InChI=1S/C13H19FN2O3S2/c1-19-8-4-2-3-7-16-21(17,18)10-5-6-12(14)11(9-10)13(15)20/h5-6,9,16H,2-4,7-8H2,1H3,(H2,15,20). The summed E-state index contributed by atoms with van der Waals surface area (Å²) in [4.78, 5) is -0.229.